The van der Waals surface area contributed by atoms with Crippen LogP contribution in [0, 0.1) is 10.1 Å². The molecule has 1 aromatic carbocycles. The van der Waals surface area contributed by atoms with E-state index in [1.54, 1.807) is 6.07 Å². The van der Waals surface area contributed by atoms with Gasteiger partial charge in [-0.2, -0.15) is 0 Å². The Balaban J connectivity index is 1.87. The number of β-amino-alcohol motifs (C(OH)–C–C–N with tert-alkyl or cyclic N) is 1. The molecule has 0 aliphatic carbocycles. The van der Waals surface area contributed by atoms with E-state index in [9.17, 15) is 15.2 Å². The van der Waals surface area contributed by atoms with E-state index in [-0.39, 0.29) is 5.69 Å². The molecule has 0 amide bonds. The predicted octanol–water partition coefficient (Wildman–Crippen LogP) is 1.54. The Labute approximate surface area is 136 Å². The fourth-order valence-corrected chi connectivity index (χ4v) is 2.82. The molecule has 1 heterocycles. The van der Waals surface area contributed by atoms with E-state index in [0.29, 0.717) is 32.0 Å². The smallest absolute Gasteiger partial charge is 0.270 e. The molecule has 1 aromatic rings. The number of aliphatic hydroxyl groups is 1. The highest BCUT2D eigenvalue weighted by Gasteiger charge is 2.16. The van der Waals surface area contributed by atoms with Crippen molar-refractivity contribution in [3.63, 3.8) is 0 Å². The summed E-state index contributed by atoms with van der Waals surface area (Å²) in [5, 5.41) is 24.1. The average Bonchev–Trinajstić information content (AvgIpc) is 3.01. The molecule has 0 saturated carbocycles. The monoisotopic (exact) mass is 323 g/mol. The second-order valence-electron chi connectivity index (χ2n) is 5.77. The first-order chi connectivity index (χ1) is 11.1. The Hall–Kier alpha value is -1.70. The van der Waals surface area contributed by atoms with Crippen LogP contribution in [-0.2, 0) is 6.54 Å². The van der Waals surface area contributed by atoms with Gasteiger partial charge in [0.25, 0.3) is 5.69 Å². The summed E-state index contributed by atoms with van der Waals surface area (Å²) in [4.78, 5) is 12.7. The maximum atomic E-state index is 10.9. The highest BCUT2D eigenvalue weighted by molar-refractivity contribution is 5.43. The van der Waals surface area contributed by atoms with Gasteiger partial charge in [-0.05, 0) is 38.9 Å². The van der Waals surface area contributed by atoms with Crippen molar-refractivity contribution < 1.29 is 14.8 Å². The Kier molecular flexibility index (Phi) is 6.76. The molecule has 2 N–H and O–H groups in total. The lowest BCUT2D eigenvalue weighted by atomic mass is 10.1. The topological polar surface area (TPSA) is 87.9 Å². The molecule has 7 heteroatoms. The van der Waals surface area contributed by atoms with Crippen molar-refractivity contribution in [3.05, 3.63) is 33.9 Å². The first kappa shape index (κ1) is 17.7. The number of nitrogens with zero attached hydrogens (tertiary/aromatic N) is 2. The molecular weight excluding hydrogens is 298 g/mol. The van der Waals surface area contributed by atoms with Crippen LogP contribution in [0.2, 0.25) is 0 Å². The van der Waals surface area contributed by atoms with Gasteiger partial charge in [-0.15, -0.1) is 0 Å². The van der Waals surface area contributed by atoms with E-state index in [2.05, 4.69) is 10.2 Å². The van der Waals surface area contributed by atoms with Gasteiger partial charge < -0.3 is 20.1 Å². The SMILES string of the molecule is CCOc1ccc([N+](=O)[O-])cc1CNCC(O)CN1CCCC1. The van der Waals surface area contributed by atoms with E-state index in [1.807, 2.05) is 6.92 Å². The van der Waals surface area contributed by atoms with E-state index in [4.69, 9.17) is 4.74 Å². The number of hydrogen-bond acceptors (Lipinski definition) is 6. The standard InChI is InChI=1S/C16H25N3O4/c1-2-23-16-6-5-14(19(21)22)9-13(16)10-17-11-15(20)12-18-7-3-4-8-18/h5-6,9,15,17,20H,2-4,7-8,10-12H2,1H3. The Bertz CT molecular complexity index is 518. The van der Waals surface area contributed by atoms with Crippen LogP contribution in [0.25, 0.3) is 0 Å². The summed E-state index contributed by atoms with van der Waals surface area (Å²) in [5.41, 5.74) is 0.775. The second kappa shape index (κ2) is 8.81. The molecule has 1 aliphatic rings. The second-order valence-corrected chi connectivity index (χ2v) is 5.77. The minimum Gasteiger partial charge on any atom is -0.494 e. The zero-order chi connectivity index (χ0) is 16.7. The van der Waals surface area contributed by atoms with Crippen molar-refractivity contribution in [1.82, 2.24) is 10.2 Å². The number of non-ortho nitro benzene ring substituents is 1. The summed E-state index contributed by atoms with van der Waals surface area (Å²) in [5.74, 6) is 0.639. The first-order valence-electron chi connectivity index (χ1n) is 8.11. The van der Waals surface area contributed by atoms with Crippen LogP contribution in [0.5, 0.6) is 5.75 Å². The van der Waals surface area contributed by atoms with Gasteiger partial charge in [0, 0.05) is 37.3 Å². The van der Waals surface area contributed by atoms with E-state index < -0.39 is 11.0 Å². The molecule has 23 heavy (non-hydrogen) atoms. The number of nitro groups is 1. The molecule has 0 spiro atoms. The van der Waals surface area contributed by atoms with Crippen molar-refractivity contribution in [2.75, 3.05) is 32.8 Å². The molecule has 1 unspecified atom stereocenters. The Morgan fingerprint density at radius 2 is 2.17 bits per heavy atom. The van der Waals surface area contributed by atoms with Crippen LogP contribution < -0.4 is 10.1 Å². The number of likely N-dealkylation sites (tertiary alicyclic amines) is 1. The van der Waals surface area contributed by atoms with Crippen LogP contribution >= 0.6 is 0 Å². The summed E-state index contributed by atoms with van der Waals surface area (Å²) in [6.07, 6.45) is 1.96. The third kappa shape index (κ3) is 5.46. The fraction of sp³-hybridized carbons (Fsp3) is 0.625. The van der Waals surface area contributed by atoms with Gasteiger partial charge in [-0.1, -0.05) is 0 Å². The number of aliphatic hydroxyl groups excluding tert-OH is 1. The molecule has 1 atom stereocenters. The molecule has 2 rings (SSSR count). The van der Waals surface area contributed by atoms with E-state index in [0.717, 1.165) is 18.7 Å². The normalized spacial score (nSPS) is 16.4. The van der Waals surface area contributed by atoms with E-state index in [1.165, 1.54) is 25.0 Å². The molecule has 0 bridgehead atoms. The number of nitrogens with one attached hydrogen (secondary N) is 1. The van der Waals surface area contributed by atoms with Crippen molar-refractivity contribution in [3.8, 4) is 5.75 Å². The summed E-state index contributed by atoms with van der Waals surface area (Å²) in [7, 11) is 0. The molecule has 0 aromatic heterocycles. The lowest BCUT2D eigenvalue weighted by molar-refractivity contribution is -0.384. The molecular formula is C16H25N3O4. The van der Waals surface area contributed by atoms with Gasteiger partial charge >= 0.3 is 0 Å². The van der Waals surface area contributed by atoms with Gasteiger partial charge in [-0.25, -0.2) is 0 Å². The van der Waals surface area contributed by atoms with Crippen molar-refractivity contribution >= 4 is 5.69 Å². The van der Waals surface area contributed by atoms with Gasteiger partial charge in [0.1, 0.15) is 5.75 Å². The number of nitro benzene ring substituents is 1. The number of ether oxygens (including phenoxy) is 1. The average molecular weight is 323 g/mol. The minimum absolute atomic E-state index is 0.0443. The summed E-state index contributed by atoms with van der Waals surface area (Å²) >= 11 is 0. The first-order valence-corrected chi connectivity index (χ1v) is 8.11. The zero-order valence-electron chi connectivity index (χ0n) is 13.5. The maximum absolute atomic E-state index is 10.9. The third-order valence-electron chi connectivity index (χ3n) is 3.92. The number of benzene rings is 1. The Morgan fingerprint density at radius 1 is 1.43 bits per heavy atom. The van der Waals surface area contributed by atoms with E-state index >= 15 is 0 Å². The molecule has 128 valence electrons. The highest BCUT2D eigenvalue weighted by atomic mass is 16.6. The quantitative estimate of drug-likeness (QED) is 0.529. The molecule has 1 saturated heterocycles. The maximum Gasteiger partial charge on any atom is 0.270 e. The molecule has 1 fully saturated rings. The lowest BCUT2D eigenvalue weighted by Crippen LogP contribution is -2.36. The van der Waals surface area contributed by atoms with Gasteiger partial charge in [0.2, 0.25) is 0 Å². The zero-order valence-corrected chi connectivity index (χ0v) is 13.5. The van der Waals surface area contributed by atoms with Gasteiger partial charge in [0.15, 0.2) is 0 Å². The van der Waals surface area contributed by atoms with Crippen molar-refractivity contribution in [2.45, 2.75) is 32.4 Å². The third-order valence-corrected chi connectivity index (χ3v) is 3.92. The van der Waals surface area contributed by atoms with Crippen LogP contribution in [0.4, 0.5) is 5.69 Å². The number of rotatable bonds is 9. The van der Waals surface area contributed by atoms with Crippen LogP contribution in [0.15, 0.2) is 18.2 Å². The van der Waals surface area contributed by atoms with Crippen LogP contribution in [0.3, 0.4) is 0 Å². The lowest BCUT2D eigenvalue weighted by Gasteiger charge is -2.20. The summed E-state index contributed by atoms with van der Waals surface area (Å²) in [6, 6.07) is 4.58. The molecule has 1 aliphatic heterocycles. The van der Waals surface area contributed by atoms with Crippen molar-refractivity contribution in [1.29, 1.82) is 0 Å². The summed E-state index contributed by atoms with van der Waals surface area (Å²) in [6.45, 7) is 6.02. The minimum atomic E-state index is -0.442. The summed E-state index contributed by atoms with van der Waals surface area (Å²) < 4.78 is 5.50. The molecule has 7 nitrogen and oxygen atoms in total. The van der Waals surface area contributed by atoms with Crippen LogP contribution in [0.1, 0.15) is 25.3 Å². The highest BCUT2D eigenvalue weighted by Crippen LogP contribution is 2.24. The van der Waals surface area contributed by atoms with Crippen molar-refractivity contribution in [2.24, 2.45) is 0 Å². The fourth-order valence-electron chi connectivity index (χ4n) is 2.82. The predicted molar refractivity (Wildman–Crippen MR) is 87.7 cm³/mol. The number of hydrogen-bond donors (Lipinski definition) is 2. The largest absolute Gasteiger partial charge is 0.494 e. The van der Waals surface area contributed by atoms with Gasteiger partial charge in [-0.3, -0.25) is 10.1 Å². The van der Waals surface area contributed by atoms with Gasteiger partial charge in [0.05, 0.1) is 17.6 Å². The molecule has 0 radical (unpaired) electrons. The van der Waals surface area contributed by atoms with Crippen LogP contribution in [-0.4, -0.2) is 53.8 Å². The Morgan fingerprint density at radius 3 is 2.83 bits per heavy atom.